The minimum atomic E-state index is -0.484. The van der Waals surface area contributed by atoms with Gasteiger partial charge < -0.3 is 0 Å². The number of amides is 1. The van der Waals surface area contributed by atoms with Crippen molar-refractivity contribution in [3.8, 4) is 0 Å². The second-order valence-electron chi connectivity index (χ2n) is 3.35. The lowest BCUT2D eigenvalue weighted by molar-refractivity contribution is 0.0959. The van der Waals surface area contributed by atoms with Crippen LogP contribution in [0.3, 0.4) is 0 Å². The van der Waals surface area contributed by atoms with Crippen molar-refractivity contribution >= 4 is 23.5 Å². The van der Waals surface area contributed by atoms with Crippen molar-refractivity contribution in [1.82, 2.24) is 5.43 Å². The van der Waals surface area contributed by atoms with Gasteiger partial charge in [-0.1, -0.05) is 12.1 Å². The standard InChI is InChI=1S/C12H8F2N2OS/c13-9-3-1-8(2-4-9)7-15-16-12(17)10-5-6-11(14)18-10/h1-7H,(H,16,17)/b15-7+. The highest BCUT2D eigenvalue weighted by Crippen LogP contribution is 2.13. The summed E-state index contributed by atoms with van der Waals surface area (Å²) in [6.07, 6.45) is 1.38. The zero-order valence-electron chi connectivity index (χ0n) is 9.06. The van der Waals surface area contributed by atoms with Gasteiger partial charge in [0.05, 0.1) is 11.1 Å². The number of nitrogens with one attached hydrogen (secondary N) is 1. The maximum absolute atomic E-state index is 12.7. The molecule has 1 heterocycles. The monoisotopic (exact) mass is 266 g/mol. The molecule has 1 aromatic heterocycles. The van der Waals surface area contributed by atoms with Crippen LogP contribution in [0.4, 0.5) is 8.78 Å². The first-order chi connectivity index (χ1) is 8.65. The molecule has 92 valence electrons. The predicted molar refractivity (Wildman–Crippen MR) is 65.7 cm³/mol. The third-order valence-corrected chi connectivity index (χ3v) is 2.92. The molecule has 2 aromatic rings. The number of nitrogens with zero attached hydrogens (tertiary/aromatic N) is 1. The number of benzene rings is 1. The molecule has 1 N–H and O–H groups in total. The highest BCUT2D eigenvalue weighted by molar-refractivity contribution is 7.12. The van der Waals surface area contributed by atoms with E-state index in [4.69, 9.17) is 0 Å². The predicted octanol–water partition coefficient (Wildman–Crippen LogP) is 2.79. The number of hydrazone groups is 1. The van der Waals surface area contributed by atoms with Crippen molar-refractivity contribution in [3.05, 3.63) is 57.8 Å². The lowest BCUT2D eigenvalue weighted by Gasteiger charge is -1.95. The Morgan fingerprint density at radius 3 is 2.50 bits per heavy atom. The smallest absolute Gasteiger partial charge is 0.266 e. The SMILES string of the molecule is O=C(N/N=C/c1ccc(F)cc1)c1ccc(F)s1. The fourth-order valence-electron chi connectivity index (χ4n) is 1.21. The van der Waals surface area contributed by atoms with Gasteiger partial charge >= 0.3 is 0 Å². The van der Waals surface area contributed by atoms with Crippen LogP contribution in [0, 0.1) is 10.9 Å². The number of hydrogen-bond donors (Lipinski definition) is 1. The summed E-state index contributed by atoms with van der Waals surface area (Å²) in [4.78, 5) is 11.7. The van der Waals surface area contributed by atoms with E-state index >= 15 is 0 Å². The molecule has 0 bridgehead atoms. The van der Waals surface area contributed by atoms with Crippen LogP contribution < -0.4 is 5.43 Å². The Morgan fingerprint density at radius 1 is 1.17 bits per heavy atom. The van der Waals surface area contributed by atoms with E-state index in [-0.39, 0.29) is 10.7 Å². The highest BCUT2D eigenvalue weighted by Gasteiger charge is 2.07. The first-order valence-corrected chi connectivity index (χ1v) is 5.81. The van der Waals surface area contributed by atoms with Crippen LogP contribution in [0.5, 0.6) is 0 Å². The number of halogens is 2. The average Bonchev–Trinajstić information content (AvgIpc) is 2.78. The van der Waals surface area contributed by atoms with Gasteiger partial charge in [0.2, 0.25) is 0 Å². The molecule has 18 heavy (non-hydrogen) atoms. The van der Waals surface area contributed by atoms with Gasteiger partial charge in [0.25, 0.3) is 5.91 Å². The Hall–Kier alpha value is -2.08. The summed E-state index contributed by atoms with van der Waals surface area (Å²) in [5.41, 5.74) is 2.90. The first-order valence-electron chi connectivity index (χ1n) is 4.99. The van der Waals surface area contributed by atoms with E-state index < -0.39 is 11.0 Å². The summed E-state index contributed by atoms with van der Waals surface area (Å²) < 4.78 is 25.3. The Morgan fingerprint density at radius 2 is 1.89 bits per heavy atom. The lowest BCUT2D eigenvalue weighted by atomic mass is 10.2. The van der Waals surface area contributed by atoms with Gasteiger partial charge in [0.15, 0.2) is 5.13 Å². The van der Waals surface area contributed by atoms with Gasteiger partial charge in [0, 0.05) is 0 Å². The summed E-state index contributed by atoms with van der Waals surface area (Å²) in [7, 11) is 0. The fourth-order valence-corrected chi connectivity index (χ4v) is 1.83. The maximum Gasteiger partial charge on any atom is 0.281 e. The maximum atomic E-state index is 12.7. The topological polar surface area (TPSA) is 41.5 Å². The molecule has 2 rings (SSSR count). The van der Waals surface area contributed by atoms with Crippen molar-refractivity contribution in [1.29, 1.82) is 0 Å². The fraction of sp³-hybridized carbons (Fsp3) is 0. The summed E-state index contributed by atoms with van der Waals surface area (Å²) in [5, 5.41) is 3.27. The van der Waals surface area contributed by atoms with Gasteiger partial charge in [-0.3, -0.25) is 4.79 Å². The van der Waals surface area contributed by atoms with Gasteiger partial charge in [-0.2, -0.15) is 9.49 Å². The molecule has 0 saturated heterocycles. The van der Waals surface area contributed by atoms with Crippen molar-refractivity contribution in [3.63, 3.8) is 0 Å². The Balaban J connectivity index is 1.95. The van der Waals surface area contributed by atoms with Gasteiger partial charge in [-0.05, 0) is 29.8 Å². The Kier molecular flexibility index (Phi) is 3.78. The molecule has 0 saturated carbocycles. The minimum Gasteiger partial charge on any atom is -0.266 e. The van der Waals surface area contributed by atoms with Gasteiger partial charge in [-0.25, -0.2) is 9.82 Å². The summed E-state index contributed by atoms with van der Waals surface area (Å²) in [6.45, 7) is 0. The second kappa shape index (κ2) is 5.50. The van der Waals surface area contributed by atoms with E-state index in [1.807, 2.05) is 0 Å². The number of carbonyl (C=O) groups is 1. The van der Waals surface area contributed by atoms with Crippen molar-refractivity contribution in [2.45, 2.75) is 0 Å². The molecular weight excluding hydrogens is 258 g/mol. The van der Waals surface area contributed by atoms with E-state index in [1.54, 1.807) is 0 Å². The zero-order chi connectivity index (χ0) is 13.0. The molecule has 0 aliphatic carbocycles. The Bertz CT molecular complexity index is 578. The summed E-state index contributed by atoms with van der Waals surface area (Å²) in [5.74, 6) is -0.826. The first kappa shape index (κ1) is 12.4. The van der Waals surface area contributed by atoms with Crippen LogP contribution in [0.25, 0.3) is 0 Å². The highest BCUT2D eigenvalue weighted by atomic mass is 32.1. The average molecular weight is 266 g/mol. The van der Waals surface area contributed by atoms with Gasteiger partial charge in [0.1, 0.15) is 5.82 Å². The van der Waals surface area contributed by atoms with E-state index in [9.17, 15) is 13.6 Å². The van der Waals surface area contributed by atoms with Crippen molar-refractivity contribution in [2.75, 3.05) is 0 Å². The van der Waals surface area contributed by atoms with E-state index in [2.05, 4.69) is 10.5 Å². The number of thiophene rings is 1. The molecule has 0 spiro atoms. The summed E-state index contributed by atoms with van der Waals surface area (Å²) >= 11 is 0.742. The molecule has 0 fully saturated rings. The molecule has 0 radical (unpaired) electrons. The van der Waals surface area contributed by atoms with E-state index in [0.717, 1.165) is 11.3 Å². The molecule has 0 unspecified atom stereocenters. The molecule has 0 atom stereocenters. The molecule has 0 aliphatic rings. The van der Waals surface area contributed by atoms with Crippen molar-refractivity contribution < 1.29 is 13.6 Å². The number of rotatable bonds is 3. The van der Waals surface area contributed by atoms with Crippen LogP contribution in [-0.4, -0.2) is 12.1 Å². The molecule has 6 heteroatoms. The number of hydrogen-bond acceptors (Lipinski definition) is 3. The number of carbonyl (C=O) groups excluding carboxylic acids is 1. The Labute approximate surface area is 106 Å². The molecular formula is C12H8F2N2OS. The van der Waals surface area contributed by atoms with Crippen molar-refractivity contribution in [2.24, 2.45) is 5.10 Å². The third-order valence-electron chi connectivity index (χ3n) is 2.05. The molecule has 0 aliphatic heterocycles. The normalized spacial score (nSPS) is 10.8. The van der Waals surface area contributed by atoms with Crippen LogP contribution in [0.2, 0.25) is 0 Å². The summed E-state index contributed by atoms with van der Waals surface area (Å²) in [6, 6.07) is 8.22. The quantitative estimate of drug-likeness (QED) is 0.673. The molecule has 3 nitrogen and oxygen atoms in total. The largest absolute Gasteiger partial charge is 0.281 e. The molecule has 1 amide bonds. The van der Waals surface area contributed by atoms with E-state index in [1.165, 1.54) is 42.6 Å². The van der Waals surface area contributed by atoms with E-state index in [0.29, 0.717) is 5.56 Å². The second-order valence-corrected chi connectivity index (χ2v) is 4.39. The lowest BCUT2D eigenvalue weighted by Crippen LogP contribution is -2.16. The van der Waals surface area contributed by atoms with Crippen LogP contribution in [-0.2, 0) is 0 Å². The minimum absolute atomic E-state index is 0.240. The van der Waals surface area contributed by atoms with Crippen LogP contribution in [0.1, 0.15) is 15.2 Å². The van der Waals surface area contributed by atoms with Crippen LogP contribution >= 0.6 is 11.3 Å². The zero-order valence-corrected chi connectivity index (χ0v) is 9.88. The van der Waals surface area contributed by atoms with Crippen LogP contribution in [0.15, 0.2) is 41.5 Å². The van der Waals surface area contributed by atoms with Gasteiger partial charge in [-0.15, -0.1) is 11.3 Å². The third kappa shape index (κ3) is 3.21. The molecule has 1 aromatic carbocycles.